The van der Waals surface area contributed by atoms with E-state index < -0.39 is 0 Å². The van der Waals surface area contributed by atoms with Crippen LogP contribution in [0.15, 0.2) is 29.6 Å². The zero-order chi connectivity index (χ0) is 14.8. The van der Waals surface area contributed by atoms with Gasteiger partial charge in [-0.05, 0) is 66.0 Å². The van der Waals surface area contributed by atoms with Gasteiger partial charge in [-0.1, -0.05) is 13.0 Å². The highest BCUT2D eigenvalue weighted by atomic mass is 35.5. The molecule has 1 heterocycles. The van der Waals surface area contributed by atoms with Gasteiger partial charge in [0.25, 0.3) is 5.91 Å². The van der Waals surface area contributed by atoms with E-state index in [9.17, 15) is 4.79 Å². The number of carbonyl (C=O) groups excluding carboxylic acids is 1. The van der Waals surface area contributed by atoms with Gasteiger partial charge in [-0.3, -0.25) is 4.79 Å². The number of anilines is 1. The first-order valence-corrected chi connectivity index (χ1v) is 8.32. The first-order valence-electron chi connectivity index (χ1n) is 7.44. The molecule has 0 saturated heterocycles. The Bertz CT molecular complexity index is 668. The lowest BCUT2D eigenvalue weighted by Crippen LogP contribution is -2.31. The average Bonchev–Trinajstić information content (AvgIpc) is 2.95. The Kier molecular flexibility index (Phi) is 5.48. The summed E-state index contributed by atoms with van der Waals surface area (Å²) in [5, 5.41) is 5.19. The second kappa shape index (κ2) is 7.16. The van der Waals surface area contributed by atoms with Gasteiger partial charge in [0.05, 0.1) is 10.9 Å². The number of amides is 1. The molecule has 3 nitrogen and oxygen atoms in total. The van der Waals surface area contributed by atoms with Gasteiger partial charge in [-0.25, -0.2) is 0 Å². The Balaban J connectivity index is 0.00000176. The molecule has 2 aromatic rings. The number of nitrogens with one attached hydrogen (secondary N) is 1. The highest BCUT2D eigenvalue weighted by molar-refractivity contribution is 7.12. The fourth-order valence-electron chi connectivity index (χ4n) is 3.02. The number of hydrogen-bond donors (Lipinski definition) is 2. The van der Waals surface area contributed by atoms with Crippen LogP contribution in [0.2, 0.25) is 0 Å². The lowest BCUT2D eigenvalue weighted by molar-refractivity contribution is 0.0936. The van der Waals surface area contributed by atoms with E-state index in [0.29, 0.717) is 0 Å². The van der Waals surface area contributed by atoms with Gasteiger partial charge in [0.15, 0.2) is 0 Å². The van der Waals surface area contributed by atoms with Gasteiger partial charge in [0, 0.05) is 5.69 Å². The minimum atomic E-state index is 0. The molecule has 118 valence electrons. The van der Waals surface area contributed by atoms with E-state index in [2.05, 4.69) is 18.3 Å². The van der Waals surface area contributed by atoms with Crippen LogP contribution in [-0.2, 0) is 12.8 Å². The van der Waals surface area contributed by atoms with Crippen LogP contribution in [-0.4, -0.2) is 5.91 Å². The number of fused-ring (bicyclic) bond motifs is 1. The smallest absolute Gasteiger partial charge is 0.262 e. The fraction of sp³-hybridized carbons (Fsp3) is 0.353. The Morgan fingerprint density at radius 2 is 2.23 bits per heavy atom. The number of halogens is 1. The molecule has 3 N–H and O–H groups in total. The maximum absolute atomic E-state index is 12.5. The summed E-state index contributed by atoms with van der Waals surface area (Å²) in [4.78, 5) is 13.4. The van der Waals surface area contributed by atoms with Crippen LogP contribution in [0.5, 0.6) is 0 Å². The number of rotatable bonds is 3. The van der Waals surface area contributed by atoms with E-state index in [-0.39, 0.29) is 24.4 Å². The second-order valence-corrected chi connectivity index (χ2v) is 6.42. The van der Waals surface area contributed by atoms with Crippen molar-refractivity contribution < 1.29 is 4.79 Å². The number of hydrogen-bond acceptors (Lipinski definition) is 3. The van der Waals surface area contributed by atoms with Gasteiger partial charge in [-0.2, -0.15) is 0 Å². The van der Waals surface area contributed by atoms with Crippen molar-refractivity contribution in [2.75, 3.05) is 5.73 Å². The molecule has 5 heteroatoms. The van der Waals surface area contributed by atoms with Crippen LogP contribution in [0.4, 0.5) is 5.69 Å². The lowest BCUT2D eigenvalue weighted by Gasteiger charge is -2.26. The molecule has 22 heavy (non-hydrogen) atoms. The third-order valence-corrected chi connectivity index (χ3v) is 5.08. The molecule has 0 radical (unpaired) electrons. The molecule has 1 aliphatic carbocycles. The van der Waals surface area contributed by atoms with Gasteiger partial charge >= 0.3 is 0 Å². The topological polar surface area (TPSA) is 55.1 Å². The standard InChI is InChI=1S/C17H20N2OS.ClH/c1-2-11-8-9-21-16(11)17(20)19-15-5-3-4-12-10-13(18)6-7-14(12)15;/h6-10,15H,2-5,18H2,1H3,(H,19,20);1H. The van der Waals surface area contributed by atoms with Crippen molar-refractivity contribution in [1.82, 2.24) is 5.32 Å². The minimum Gasteiger partial charge on any atom is -0.399 e. The van der Waals surface area contributed by atoms with Crippen molar-refractivity contribution in [3.8, 4) is 0 Å². The van der Waals surface area contributed by atoms with Crippen molar-refractivity contribution in [1.29, 1.82) is 0 Å². The van der Waals surface area contributed by atoms with Crippen molar-refractivity contribution >= 4 is 35.3 Å². The number of benzene rings is 1. The number of thiophene rings is 1. The Hall–Kier alpha value is -1.52. The van der Waals surface area contributed by atoms with Crippen molar-refractivity contribution in [2.45, 2.75) is 38.6 Å². The Labute approximate surface area is 141 Å². The van der Waals surface area contributed by atoms with E-state index in [1.165, 1.54) is 22.5 Å². The highest BCUT2D eigenvalue weighted by Crippen LogP contribution is 2.31. The molecule has 0 aliphatic heterocycles. The highest BCUT2D eigenvalue weighted by Gasteiger charge is 2.23. The number of nitrogen functional groups attached to an aromatic ring is 1. The van der Waals surface area contributed by atoms with E-state index in [4.69, 9.17) is 5.73 Å². The average molecular weight is 337 g/mol. The third kappa shape index (κ3) is 3.28. The molecule has 0 saturated carbocycles. The Morgan fingerprint density at radius 1 is 1.41 bits per heavy atom. The summed E-state index contributed by atoms with van der Waals surface area (Å²) in [5.74, 6) is 0.0523. The third-order valence-electron chi connectivity index (χ3n) is 4.12. The van der Waals surface area contributed by atoms with Gasteiger partial charge in [-0.15, -0.1) is 23.7 Å². The molecule has 1 unspecified atom stereocenters. The van der Waals surface area contributed by atoms with Crippen LogP contribution < -0.4 is 11.1 Å². The van der Waals surface area contributed by atoms with E-state index >= 15 is 0 Å². The van der Waals surface area contributed by atoms with Crippen LogP contribution in [0, 0.1) is 0 Å². The molecule has 1 atom stereocenters. The predicted molar refractivity (Wildman–Crippen MR) is 94.9 cm³/mol. The van der Waals surface area contributed by atoms with Crippen LogP contribution in [0.25, 0.3) is 0 Å². The molecule has 1 aliphatic rings. The zero-order valence-corrected chi connectivity index (χ0v) is 14.2. The molecular weight excluding hydrogens is 316 g/mol. The molecule has 1 amide bonds. The quantitative estimate of drug-likeness (QED) is 0.828. The SMILES string of the molecule is CCc1ccsc1C(=O)NC1CCCc2cc(N)ccc21.Cl. The number of aryl methyl sites for hydroxylation is 2. The summed E-state index contributed by atoms with van der Waals surface area (Å²) in [5.41, 5.74) is 10.3. The van der Waals surface area contributed by atoms with Gasteiger partial charge < -0.3 is 11.1 Å². The maximum Gasteiger partial charge on any atom is 0.262 e. The van der Waals surface area contributed by atoms with Crippen molar-refractivity contribution in [2.24, 2.45) is 0 Å². The van der Waals surface area contributed by atoms with Crippen LogP contribution in [0.1, 0.15) is 52.2 Å². The second-order valence-electron chi connectivity index (χ2n) is 5.51. The van der Waals surface area contributed by atoms with Gasteiger partial charge in [0.2, 0.25) is 0 Å². The molecule has 1 aromatic heterocycles. The van der Waals surface area contributed by atoms with Crippen molar-refractivity contribution in [3.63, 3.8) is 0 Å². The first kappa shape index (κ1) is 16.8. The molecular formula is C17H21ClN2OS. The monoisotopic (exact) mass is 336 g/mol. The van der Waals surface area contributed by atoms with Crippen LogP contribution in [0.3, 0.4) is 0 Å². The summed E-state index contributed by atoms with van der Waals surface area (Å²) in [6, 6.07) is 8.16. The molecule has 3 rings (SSSR count). The summed E-state index contributed by atoms with van der Waals surface area (Å²) in [6.45, 7) is 2.08. The largest absolute Gasteiger partial charge is 0.399 e. The van der Waals surface area contributed by atoms with E-state index in [0.717, 1.165) is 41.8 Å². The van der Waals surface area contributed by atoms with Gasteiger partial charge in [0.1, 0.15) is 0 Å². The lowest BCUT2D eigenvalue weighted by atomic mass is 9.87. The van der Waals surface area contributed by atoms with Crippen molar-refractivity contribution in [3.05, 3.63) is 51.2 Å². The van der Waals surface area contributed by atoms with E-state index in [1.54, 1.807) is 0 Å². The first-order chi connectivity index (χ1) is 10.2. The van der Waals surface area contributed by atoms with E-state index in [1.807, 2.05) is 23.6 Å². The predicted octanol–water partition coefficient (Wildman–Crippen LogP) is 4.12. The summed E-state index contributed by atoms with van der Waals surface area (Å²) in [7, 11) is 0. The number of nitrogens with two attached hydrogens (primary N) is 1. The molecule has 0 fully saturated rings. The minimum absolute atomic E-state index is 0. The molecule has 1 aromatic carbocycles. The number of carbonyl (C=O) groups is 1. The zero-order valence-electron chi connectivity index (χ0n) is 12.6. The normalized spacial score (nSPS) is 16.5. The maximum atomic E-state index is 12.5. The summed E-state index contributed by atoms with van der Waals surface area (Å²) < 4.78 is 0. The Morgan fingerprint density at radius 3 is 3.00 bits per heavy atom. The molecule has 0 spiro atoms. The summed E-state index contributed by atoms with van der Waals surface area (Å²) in [6.07, 6.45) is 4.03. The molecule has 0 bridgehead atoms. The fourth-order valence-corrected chi connectivity index (χ4v) is 3.92. The van der Waals surface area contributed by atoms with Crippen LogP contribution >= 0.6 is 23.7 Å². The summed E-state index contributed by atoms with van der Waals surface area (Å²) >= 11 is 1.52.